The Morgan fingerprint density at radius 3 is 2.40 bits per heavy atom. The van der Waals surface area contributed by atoms with Gasteiger partial charge >= 0.3 is 5.97 Å². The van der Waals surface area contributed by atoms with Crippen molar-refractivity contribution in [3.05, 3.63) is 41.1 Å². The molecule has 1 amide bonds. The normalized spacial score (nSPS) is 11.0. The lowest BCUT2D eigenvalue weighted by Gasteiger charge is -2.18. The zero-order valence-electron chi connectivity index (χ0n) is 13.8. The molecular weight excluding hydrogens is 364 g/mol. The summed E-state index contributed by atoms with van der Waals surface area (Å²) < 4.78 is 5.24. The zero-order chi connectivity index (χ0) is 18.8. The summed E-state index contributed by atoms with van der Waals surface area (Å²) in [5.74, 6) is -1.18. The summed E-state index contributed by atoms with van der Waals surface area (Å²) >= 11 is 11.3. The van der Waals surface area contributed by atoms with Crippen molar-refractivity contribution in [1.29, 1.82) is 0 Å². The summed E-state index contributed by atoms with van der Waals surface area (Å²) in [4.78, 5) is 22.8. The van der Waals surface area contributed by atoms with Crippen LogP contribution >= 0.6 is 23.8 Å². The standard InChI is InChI=1S/C17H17ClN2O4S/c1-17(2,3)15(23)20-16(25)19-9-4-5-10(11(18)8-9)12-6-7-13(24-12)14(21)22/h4-8H,1-3H3,(H,21,22)(H2,19,20,23,25). The molecular formula is C17H17ClN2O4S. The third kappa shape index (κ3) is 4.80. The van der Waals surface area contributed by atoms with E-state index in [-0.39, 0.29) is 16.8 Å². The minimum Gasteiger partial charge on any atom is -0.475 e. The Labute approximate surface area is 155 Å². The molecule has 0 saturated heterocycles. The van der Waals surface area contributed by atoms with E-state index in [4.69, 9.17) is 33.3 Å². The van der Waals surface area contributed by atoms with Crippen LogP contribution in [0.15, 0.2) is 34.7 Å². The lowest BCUT2D eigenvalue weighted by atomic mass is 9.96. The Balaban J connectivity index is 2.12. The van der Waals surface area contributed by atoms with Crippen LogP contribution < -0.4 is 10.6 Å². The van der Waals surface area contributed by atoms with Gasteiger partial charge in [0.25, 0.3) is 0 Å². The number of anilines is 1. The predicted octanol–water partition coefficient (Wildman–Crippen LogP) is 4.16. The summed E-state index contributed by atoms with van der Waals surface area (Å²) in [6, 6.07) is 7.86. The lowest BCUT2D eigenvalue weighted by molar-refractivity contribution is -0.126. The van der Waals surface area contributed by atoms with E-state index < -0.39 is 11.4 Å². The number of carboxylic acid groups (broad SMARTS) is 1. The SMILES string of the molecule is CC(C)(C)C(=O)NC(=S)Nc1ccc(-c2ccc(C(=O)O)o2)c(Cl)c1. The van der Waals surface area contributed by atoms with E-state index in [0.29, 0.717) is 22.0 Å². The van der Waals surface area contributed by atoms with Gasteiger partial charge in [-0.15, -0.1) is 0 Å². The second-order valence-electron chi connectivity index (χ2n) is 6.32. The number of hydrogen-bond acceptors (Lipinski definition) is 4. The van der Waals surface area contributed by atoms with Crippen molar-refractivity contribution in [2.75, 3.05) is 5.32 Å². The van der Waals surface area contributed by atoms with Crippen LogP contribution in [0.2, 0.25) is 5.02 Å². The van der Waals surface area contributed by atoms with Crippen LogP contribution in [0.4, 0.5) is 5.69 Å². The number of furan rings is 1. The Hall–Kier alpha value is -2.38. The summed E-state index contributed by atoms with van der Waals surface area (Å²) in [5, 5.41) is 14.9. The van der Waals surface area contributed by atoms with Crippen molar-refractivity contribution < 1.29 is 19.1 Å². The molecule has 0 aliphatic carbocycles. The molecule has 0 aliphatic rings. The molecule has 0 atom stereocenters. The van der Waals surface area contributed by atoms with Crippen molar-refractivity contribution in [2.24, 2.45) is 5.41 Å². The number of aromatic carboxylic acids is 1. The quantitative estimate of drug-likeness (QED) is 0.692. The van der Waals surface area contributed by atoms with Gasteiger partial charge in [-0.25, -0.2) is 4.79 Å². The van der Waals surface area contributed by atoms with Crippen molar-refractivity contribution in [2.45, 2.75) is 20.8 Å². The molecule has 8 heteroatoms. The van der Waals surface area contributed by atoms with Gasteiger partial charge in [-0.05, 0) is 42.5 Å². The predicted molar refractivity (Wildman–Crippen MR) is 99.9 cm³/mol. The maximum Gasteiger partial charge on any atom is 0.371 e. The molecule has 2 aromatic rings. The van der Waals surface area contributed by atoms with Crippen LogP contribution in [-0.4, -0.2) is 22.1 Å². The number of carbonyl (C=O) groups excluding carboxylic acids is 1. The molecule has 1 heterocycles. The second kappa shape index (κ2) is 7.25. The van der Waals surface area contributed by atoms with Gasteiger partial charge < -0.3 is 20.2 Å². The van der Waals surface area contributed by atoms with Crippen LogP contribution in [0.3, 0.4) is 0 Å². The van der Waals surface area contributed by atoms with E-state index >= 15 is 0 Å². The van der Waals surface area contributed by atoms with E-state index in [1.807, 2.05) is 0 Å². The Bertz CT molecular complexity index is 839. The van der Waals surface area contributed by atoms with Gasteiger partial charge in [0.15, 0.2) is 5.11 Å². The first-order chi connectivity index (χ1) is 11.6. The highest BCUT2D eigenvalue weighted by molar-refractivity contribution is 7.80. The highest BCUT2D eigenvalue weighted by atomic mass is 35.5. The number of carbonyl (C=O) groups is 2. The fraction of sp³-hybridized carbons (Fsp3) is 0.235. The van der Waals surface area contributed by atoms with E-state index in [0.717, 1.165) is 0 Å². The first-order valence-corrected chi connectivity index (χ1v) is 8.12. The first kappa shape index (κ1) is 19.0. The van der Waals surface area contributed by atoms with Crippen molar-refractivity contribution in [1.82, 2.24) is 5.32 Å². The van der Waals surface area contributed by atoms with E-state index in [1.165, 1.54) is 12.1 Å². The summed E-state index contributed by atoms with van der Waals surface area (Å²) in [6.45, 7) is 5.35. The van der Waals surface area contributed by atoms with Gasteiger partial charge in [-0.2, -0.15) is 0 Å². The van der Waals surface area contributed by atoms with Gasteiger partial charge in [0.2, 0.25) is 11.7 Å². The Kier molecular flexibility index (Phi) is 5.49. The topological polar surface area (TPSA) is 91.6 Å². The fourth-order valence-electron chi connectivity index (χ4n) is 1.84. The summed E-state index contributed by atoms with van der Waals surface area (Å²) in [6.07, 6.45) is 0. The molecule has 0 bridgehead atoms. The fourth-order valence-corrected chi connectivity index (χ4v) is 2.33. The average molecular weight is 381 g/mol. The van der Waals surface area contributed by atoms with E-state index in [2.05, 4.69) is 10.6 Å². The molecule has 132 valence electrons. The summed E-state index contributed by atoms with van der Waals surface area (Å²) in [7, 11) is 0. The number of thiocarbonyl (C=S) groups is 1. The largest absolute Gasteiger partial charge is 0.475 e. The third-order valence-corrected chi connectivity index (χ3v) is 3.73. The van der Waals surface area contributed by atoms with Crippen molar-refractivity contribution >= 4 is 46.5 Å². The summed E-state index contributed by atoms with van der Waals surface area (Å²) in [5.41, 5.74) is 0.566. The van der Waals surface area contributed by atoms with Gasteiger partial charge in [0.1, 0.15) is 5.76 Å². The van der Waals surface area contributed by atoms with E-state index in [9.17, 15) is 9.59 Å². The molecule has 0 fully saturated rings. The second-order valence-corrected chi connectivity index (χ2v) is 7.14. The van der Waals surface area contributed by atoms with Crippen LogP contribution in [0.25, 0.3) is 11.3 Å². The zero-order valence-corrected chi connectivity index (χ0v) is 15.4. The molecule has 0 unspecified atom stereocenters. The first-order valence-electron chi connectivity index (χ1n) is 7.33. The van der Waals surface area contributed by atoms with Gasteiger partial charge in [-0.1, -0.05) is 32.4 Å². The Morgan fingerprint density at radius 1 is 1.20 bits per heavy atom. The number of rotatable bonds is 3. The molecule has 0 aliphatic heterocycles. The van der Waals surface area contributed by atoms with Crippen LogP contribution in [0.1, 0.15) is 31.3 Å². The number of benzene rings is 1. The molecule has 1 aromatic carbocycles. The molecule has 3 N–H and O–H groups in total. The van der Waals surface area contributed by atoms with Crippen LogP contribution in [0.5, 0.6) is 0 Å². The van der Waals surface area contributed by atoms with Crippen molar-refractivity contribution in [3.8, 4) is 11.3 Å². The molecule has 1 aromatic heterocycles. The Morgan fingerprint density at radius 2 is 1.88 bits per heavy atom. The van der Waals surface area contributed by atoms with Crippen LogP contribution in [-0.2, 0) is 4.79 Å². The van der Waals surface area contributed by atoms with Crippen LogP contribution in [0, 0.1) is 5.41 Å². The minimum absolute atomic E-state index is 0.162. The highest BCUT2D eigenvalue weighted by Gasteiger charge is 2.22. The number of amides is 1. The molecule has 25 heavy (non-hydrogen) atoms. The maximum absolute atomic E-state index is 11.9. The third-order valence-electron chi connectivity index (χ3n) is 3.22. The monoisotopic (exact) mass is 380 g/mol. The number of carboxylic acids is 1. The maximum atomic E-state index is 11.9. The molecule has 6 nitrogen and oxygen atoms in total. The molecule has 0 radical (unpaired) electrons. The number of nitrogens with one attached hydrogen (secondary N) is 2. The lowest BCUT2D eigenvalue weighted by Crippen LogP contribution is -2.41. The van der Waals surface area contributed by atoms with Gasteiger partial charge in [0.05, 0.1) is 5.02 Å². The highest BCUT2D eigenvalue weighted by Crippen LogP contribution is 2.31. The minimum atomic E-state index is -1.15. The number of hydrogen-bond donors (Lipinski definition) is 3. The average Bonchev–Trinajstić information content (AvgIpc) is 2.96. The van der Waals surface area contributed by atoms with Crippen molar-refractivity contribution in [3.63, 3.8) is 0 Å². The number of halogens is 1. The van der Waals surface area contributed by atoms with E-state index in [1.54, 1.807) is 39.0 Å². The molecule has 0 saturated carbocycles. The van der Waals surface area contributed by atoms with Gasteiger partial charge in [-0.3, -0.25) is 4.79 Å². The smallest absolute Gasteiger partial charge is 0.371 e. The van der Waals surface area contributed by atoms with Gasteiger partial charge in [0, 0.05) is 16.7 Å². The molecule has 0 spiro atoms. The molecule has 2 rings (SSSR count).